The highest BCUT2D eigenvalue weighted by Crippen LogP contribution is 2.08. The normalized spacial score (nSPS) is 10.2. The molecule has 0 unspecified atom stereocenters. The molecule has 0 bridgehead atoms. The molecule has 0 saturated carbocycles. The lowest BCUT2D eigenvalue weighted by molar-refractivity contribution is -0.396. The van der Waals surface area contributed by atoms with Crippen molar-refractivity contribution in [3.63, 3.8) is 0 Å². The van der Waals surface area contributed by atoms with Gasteiger partial charge in [0.25, 0.3) is 0 Å². The summed E-state index contributed by atoms with van der Waals surface area (Å²) in [5.74, 6) is -0.614. The van der Waals surface area contributed by atoms with Crippen molar-refractivity contribution >= 4 is 11.7 Å². The van der Waals surface area contributed by atoms with E-state index in [1.807, 2.05) is 0 Å². The van der Waals surface area contributed by atoms with E-state index >= 15 is 0 Å². The van der Waals surface area contributed by atoms with Gasteiger partial charge < -0.3 is 10.1 Å². The highest BCUT2D eigenvalue weighted by molar-refractivity contribution is 5.78. The van der Waals surface area contributed by atoms with E-state index in [2.05, 4.69) is 4.98 Å². The van der Waals surface area contributed by atoms with Gasteiger partial charge in [0.2, 0.25) is 0 Å². The monoisotopic (exact) mass is 214 g/mol. The zero-order valence-corrected chi connectivity index (χ0v) is 7.93. The maximum absolute atomic E-state index is 11.8. The van der Waals surface area contributed by atoms with Gasteiger partial charge in [-0.05, 0) is 11.3 Å². The summed E-state index contributed by atoms with van der Waals surface area (Å²) in [7, 11) is 0. The van der Waals surface area contributed by atoms with Gasteiger partial charge in [-0.15, -0.1) is 0 Å². The van der Waals surface area contributed by atoms with E-state index < -0.39 is 11.6 Å². The van der Waals surface area contributed by atoms with E-state index in [1.54, 1.807) is 0 Å². The third-order valence-corrected chi connectivity index (χ3v) is 1.79. The molecule has 0 aliphatic rings. The van der Waals surface area contributed by atoms with Crippen molar-refractivity contribution in [1.82, 2.24) is 9.55 Å². The average molecular weight is 214 g/mol. The standard InChI is InChI=1S/C8H10FN3O3/c9-3-1-2-7(13)6-11-5-4-10-8(11)12(14)15/h4-5H,1-3,6H2/i9-1. The Kier molecular flexibility index (Phi) is 3.90. The van der Waals surface area contributed by atoms with Gasteiger partial charge in [0.05, 0.1) is 6.67 Å². The summed E-state index contributed by atoms with van der Waals surface area (Å²) >= 11 is 0. The van der Waals surface area contributed by atoms with Crippen LogP contribution in [0.3, 0.4) is 0 Å². The van der Waals surface area contributed by atoms with Crippen LogP contribution in [0.15, 0.2) is 12.4 Å². The molecule has 0 atom stereocenters. The topological polar surface area (TPSA) is 78.0 Å². The molecular formula is C8H10FN3O3. The van der Waals surface area contributed by atoms with Crippen molar-refractivity contribution in [3.05, 3.63) is 22.5 Å². The van der Waals surface area contributed by atoms with E-state index in [0.717, 1.165) is 4.57 Å². The smallest absolute Gasteiger partial charge is 0.390 e. The molecule has 1 aromatic rings. The van der Waals surface area contributed by atoms with Crippen molar-refractivity contribution in [2.45, 2.75) is 19.4 Å². The summed E-state index contributed by atoms with van der Waals surface area (Å²) in [6, 6.07) is 0. The fourth-order valence-corrected chi connectivity index (χ4v) is 1.13. The largest absolute Gasteiger partial charge is 0.434 e. The number of carbonyl (C=O) groups is 1. The molecule has 0 aliphatic carbocycles. The number of aromatic nitrogens is 2. The predicted molar refractivity (Wildman–Crippen MR) is 49.1 cm³/mol. The van der Waals surface area contributed by atoms with Crippen LogP contribution < -0.4 is 0 Å². The number of nitrogens with zero attached hydrogens (tertiary/aromatic N) is 3. The summed E-state index contributed by atoms with van der Waals surface area (Å²) in [6.07, 6.45) is 2.85. The van der Waals surface area contributed by atoms with Crippen LogP contribution in [-0.2, 0) is 11.3 Å². The first-order valence-corrected chi connectivity index (χ1v) is 4.38. The van der Waals surface area contributed by atoms with Crippen LogP contribution >= 0.6 is 0 Å². The van der Waals surface area contributed by atoms with Crippen LogP contribution in [0.1, 0.15) is 12.8 Å². The molecule has 0 spiro atoms. The number of carbonyl (C=O) groups excluding carboxylic acids is 1. The van der Waals surface area contributed by atoms with Crippen molar-refractivity contribution < 1.29 is 14.1 Å². The molecule has 0 saturated heterocycles. The van der Waals surface area contributed by atoms with E-state index in [4.69, 9.17) is 0 Å². The number of imidazole rings is 1. The minimum atomic E-state index is -0.664. The lowest BCUT2D eigenvalue weighted by Gasteiger charge is -1.99. The third-order valence-electron chi connectivity index (χ3n) is 1.79. The number of Topliss-reactive ketones (excluding diaryl/α,β-unsaturated/α-hetero) is 1. The summed E-state index contributed by atoms with van der Waals surface area (Å²) in [5, 5.41) is 10.4. The van der Waals surface area contributed by atoms with Gasteiger partial charge in [0.15, 0.2) is 5.78 Å². The summed E-state index contributed by atoms with van der Waals surface area (Å²) in [6.45, 7) is -0.686. The number of hydrogen-bond donors (Lipinski definition) is 0. The molecule has 1 aromatic heterocycles. The minimum absolute atomic E-state index is 0.0891. The molecule has 7 heteroatoms. The maximum Gasteiger partial charge on any atom is 0.434 e. The average Bonchev–Trinajstić information content (AvgIpc) is 2.62. The molecule has 0 N–H and O–H groups in total. The Bertz CT molecular complexity index is 364. The van der Waals surface area contributed by atoms with Gasteiger partial charge in [-0.1, -0.05) is 4.98 Å². The number of ketones is 1. The van der Waals surface area contributed by atoms with Crippen molar-refractivity contribution in [2.75, 3.05) is 6.67 Å². The van der Waals surface area contributed by atoms with E-state index in [0.29, 0.717) is 0 Å². The Balaban J connectivity index is 2.60. The number of hydrogen-bond acceptors (Lipinski definition) is 4. The van der Waals surface area contributed by atoms with Crippen LogP contribution in [0.2, 0.25) is 0 Å². The van der Waals surface area contributed by atoms with Gasteiger partial charge in [-0.2, -0.15) is 0 Å². The Morgan fingerprint density at radius 1 is 1.67 bits per heavy atom. The Morgan fingerprint density at radius 2 is 2.40 bits per heavy atom. The van der Waals surface area contributed by atoms with Crippen LogP contribution in [0, 0.1) is 10.1 Å². The summed E-state index contributed by atoms with van der Waals surface area (Å²) in [5.41, 5.74) is 0. The van der Waals surface area contributed by atoms with E-state index in [9.17, 15) is 19.3 Å². The molecule has 1 heterocycles. The van der Waals surface area contributed by atoms with Gasteiger partial charge in [-0.25, -0.2) is 4.57 Å². The first-order valence-electron chi connectivity index (χ1n) is 4.38. The first kappa shape index (κ1) is 11.3. The van der Waals surface area contributed by atoms with Gasteiger partial charge >= 0.3 is 5.95 Å². The lowest BCUT2D eigenvalue weighted by atomic mass is 10.2. The predicted octanol–water partition coefficient (Wildman–Crippen LogP) is 1.11. The third kappa shape index (κ3) is 3.12. The van der Waals surface area contributed by atoms with Gasteiger partial charge in [0, 0.05) is 6.42 Å². The Morgan fingerprint density at radius 3 is 3.00 bits per heavy atom. The molecule has 0 radical (unpaired) electrons. The van der Waals surface area contributed by atoms with Crippen LogP contribution in [0.4, 0.5) is 10.3 Å². The first-order chi connectivity index (χ1) is 7.15. The molecule has 0 amide bonds. The number of nitro groups is 1. The fourth-order valence-electron chi connectivity index (χ4n) is 1.13. The zero-order valence-electron chi connectivity index (χ0n) is 7.93. The van der Waals surface area contributed by atoms with Crippen molar-refractivity contribution in [1.29, 1.82) is 0 Å². The molecule has 0 aromatic carbocycles. The second-order valence-corrected chi connectivity index (χ2v) is 2.94. The van der Waals surface area contributed by atoms with Gasteiger partial charge in [0.1, 0.15) is 18.9 Å². The lowest BCUT2D eigenvalue weighted by Crippen LogP contribution is -2.11. The minimum Gasteiger partial charge on any atom is -0.390 e. The molecule has 0 fully saturated rings. The quantitative estimate of drug-likeness (QED) is 0.525. The molecule has 0 aliphatic heterocycles. The number of rotatable bonds is 6. The molecule has 1 rings (SSSR count). The summed E-state index contributed by atoms with van der Waals surface area (Å²) in [4.78, 5) is 24.5. The van der Waals surface area contributed by atoms with Crippen molar-refractivity contribution in [2.24, 2.45) is 0 Å². The Labute approximate surface area is 84.9 Å². The van der Waals surface area contributed by atoms with E-state index in [-0.39, 0.29) is 31.1 Å². The molecular weight excluding hydrogens is 204 g/mol. The second kappa shape index (κ2) is 5.18. The Hall–Kier alpha value is -1.79. The molecule has 6 nitrogen and oxygen atoms in total. The number of alkyl halides is 1. The second-order valence-electron chi connectivity index (χ2n) is 2.94. The zero-order chi connectivity index (χ0) is 11.3. The highest BCUT2D eigenvalue weighted by atomic mass is 18.2. The maximum atomic E-state index is 11.8. The van der Waals surface area contributed by atoms with Crippen LogP contribution in [0.5, 0.6) is 0 Å². The SMILES string of the molecule is O=C(CCC[18F])Cn1ccnc1[N+](=O)[O-]. The number of halogens is 1. The van der Waals surface area contributed by atoms with Crippen molar-refractivity contribution in [3.8, 4) is 0 Å². The van der Waals surface area contributed by atoms with E-state index in [1.165, 1.54) is 12.4 Å². The van der Waals surface area contributed by atoms with Crippen LogP contribution in [-0.4, -0.2) is 26.9 Å². The van der Waals surface area contributed by atoms with Crippen LogP contribution in [0.25, 0.3) is 0 Å². The summed E-state index contributed by atoms with van der Waals surface area (Å²) < 4.78 is 12.9. The fraction of sp³-hybridized carbons (Fsp3) is 0.500. The molecule has 15 heavy (non-hydrogen) atoms. The van der Waals surface area contributed by atoms with Gasteiger partial charge in [-0.3, -0.25) is 9.18 Å². The molecule has 82 valence electrons. The highest BCUT2D eigenvalue weighted by Gasteiger charge is 2.16.